The number of aryl methyl sites for hydroxylation is 3. The first-order chi connectivity index (χ1) is 18.0. The summed E-state index contributed by atoms with van der Waals surface area (Å²) in [7, 11) is 0. The van der Waals surface area contributed by atoms with E-state index >= 15 is 0 Å². The monoisotopic (exact) mass is 495 g/mol. The van der Waals surface area contributed by atoms with E-state index in [-0.39, 0.29) is 5.54 Å². The second-order valence-electron chi connectivity index (χ2n) is 11.3. The number of anilines is 2. The SMILES string of the molecule is [C-]#[N+]C1(c2ccc(N(CC3CN(C4CCNCC4)C3)c3cc(-c4c(C)noc4C)ccc3C)cc2)CC1. The predicted molar refractivity (Wildman–Crippen MR) is 148 cm³/mol. The van der Waals surface area contributed by atoms with Crippen molar-refractivity contribution in [2.45, 2.75) is 58.0 Å². The summed E-state index contributed by atoms with van der Waals surface area (Å²) in [5.41, 5.74) is 7.74. The normalized spacial score (nSPS) is 19.8. The highest BCUT2D eigenvalue weighted by atomic mass is 16.5. The number of likely N-dealkylation sites (tertiary alicyclic amines) is 1. The minimum Gasteiger partial charge on any atom is -0.361 e. The molecule has 3 aliphatic rings. The highest BCUT2D eigenvalue weighted by molar-refractivity contribution is 5.76. The maximum atomic E-state index is 7.65. The van der Waals surface area contributed by atoms with Crippen LogP contribution in [-0.2, 0) is 5.54 Å². The van der Waals surface area contributed by atoms with Crippen LogP contribution in [0.5, 0.6) is 0 Å². The molecule has 3 aromatic rings. The fourth-order valence-corrected chi connectivity index (χ4v) is 6.28. The zero-order chi connectivity index (χ0) is 25.6. The van der Waals surface area contributed by atoms with E-state index in [0.717, 1.165) is 66.7 Å². The van der Waals surface area contributed by atoms with E-state index in [1.165, 1.54) is 42.9 Å². The topological polar surface area (TPSA) is 48.9 Å². The number of benzene rings is 2. The van der Waals surface area contributed by atoms with Crippen molar-refractivity contribution in [1.82, 2.24) is 15.4 Å². The predicted octanol–water partition coefficient (Wildman–Crippen LogP) is 6.00. The molecule has 6 rings (SSSR count). The van der Waals surface area contributed by atoms with Crippen molar-refractivity contribution in [3.05, 3.63) is 76.5 Å². The minimum atomic E-state index is -0.272. The Kier molecular flexibility index (Phi) is 6.30. The van der Waals surface area contributed by atoms with Crippen molar-refractivity contribution < 1.29 is 4.52 Å². The molecule has 0 atom stereocenters. The largest absolute Gasteiger partial charge is 0.361 e. The highest BCUT2D eigenvalue weighted by Crippen LogP contribution is 2.50. The molecule has 37 heavy (non-hydrogen) atoms. The molecule has 192 valence electrons. The number of nitrogens with one attached hydrogen (secondary N) is 1. The molecule has 0 amide bonds. The van der Waals surface area contributed by atoms with Gasteiger partial charge in [-0.25, -0.2) is 6.57 Å². The molecule has 2 aliphatic heterocycles. The highest BCUT2D eigenvalue weighted by Gasteiger charge is 2.52. The van der Waals surface area contributed by atoms with Crippen molar-refractivity contribution in [3.63, 3.8) is 0 Å². The van der Waals surface area contributed by atoms with Gasteiger partial charge in [-0.15, -0.1) is 0 Å². The molecule has 1 aromatic heterocycles. The molecule has 1 N–H and O–H groups in total. The maximum Gasteiger partial charge on any atom is 0.258 e. The van der Waals surface area contributed by atoms with Gasteiger partial charge in [0.15, 0.2) is 0 Å². The van der Waals surface area contributed by atoms with Crippen LogP contribution in [0.4, 0.5) is 11.4 Å². The molecule has 1 aliphatic carbocycles. The third kappa shape index (κ3) is 4.56. The smallest absolute Gasteiger partial charge is 0.258 e. The fourth-order valence-electron chi connectivity index (χ4n) is 6.28. The molecule has 3 fully saturated rings. The summed E-state index contributed by atoms with van der Waals surface area (Å²) >= 11 is 0. The quantitative estimate of drug-likeness (QED) is 0.408. The molecule has 0 unspecified atom stereocenters. The Morgan fingerprint density at radius 1 is 1.08 bits per heavy atom. The van der Waals surface area contributed by atoms with Crippen LogP contribution in [0, 0.1) is 33.3 Å². The number of nitrogens with zero attached hydrogens (tertiary/aromatic N) is 4. The third-order valence-electron chi connectivity index (χ3n) is 8.73. The average Bonchev–Trinajstić information content (AvgIpc) is 3.63. The zero-order valence-electron chi connectivity index (χ0n) is 22.3. The first-order valence-electron chi connectivity index (χ1n) is 13.7. The Balaban J connectivity index is 1.30. The van der Waals surface area contributed by atoms with Gasteiger partial charge >= 0.3 is 0 Å². The van der Waals surface area contributed by atoms with Crippen molar-refractivity contribution in [1.29, 1.82) is 0 Å². The third-order valence-corrected chi connectivity index (χ3v) is 8.73. The summed E-state index contributed by atoms with van der Waals surface area (Å²) in [6.07, 6.45) is 4.48. The summed E-state index contributed by atoms with van der Waals surface area (Å²) in [5, 5.41) is 7.69. The van der Waals surface area contributed by atoms with E-state index in [1.54, 1.807) is 0 Å². The molecule has 6 nitrogen and oxygen atoms in total. The summed E-state index contributed by atoms with van der Waals surface area (Å²) in [4.78, 5) is 9.13. The molecule has 2 aromatic carbocycles. The first kappa shape index (κ1) is 24.2. The maximum absolute atomic E-state index is 7.65. The van der Waals surface area contributed by atoms with Gasteiger partial charge in [-0.1, -0.05) is 17.3 Å². The fraction of sp³-hybridized carbons (Fsp3) is 0.484. The van der Waals surface area contributed by atoms with E-state index in [1.807, 2.05) is 13.8 Å². The number of piperidine rings is 1. The lowest BCUT2D eigenvalue weighted by atomic mass is 9.92. The van der Waals surface area contributed by atoms with Crippen LogP contribution in [0.25, 0.3) is 16.0 Å². The molecule has 2 saturated heterocycles. The summed E-state index contributed by atoms with van der Waals surface area (Å²) in [6.45, 7) is 19.5. The lowest BCUT2D eigenvalue weighted by Gasteiger charge is -2.47. The minimum absolute atomic E-state index is 0.272. The van der Waals surface area contributed by atoms with E-state index in [9.17, 15) is 0 Å². The molecule has 0 radical (unpaired) electrons. The molecule has 1 saturated carbocycles. The summed E-state index contributed by atoms with van der Waals surface area (Å²) < 4.78 is 5.49. The molecule has 0 spiro atoms. The van der Waals surface area contributed by atoms with Gasteiger partial charge in [0.25, 0.3) is 5.54 Å². The van der Waals surface area contributed by atoms with Crippen LogP contribution in [0.1, 0.15) is 48.3 Å². The van der Waals surface area contributed by atoms with Crippen LogP contribution >= 0.6 is 0 Å². The summed E-state index contributed by atoms with van der Waals surface area (Å²) in [5.74, 6) is 1.49. The van der Waals surface area contributed by atoms with Crippen molar-refractivity contribution in [3.8, 4) is 11.1 Å². The molecule has 6 heteroatoms. The van der Waals surface area contributed by atoms with Gasteiger partial charge in [-0.3, -0.25) is 4.90 Å². The van der Waals surface area contributed by atoms with Crippen LogP contribution in [0.15, 0.2) is 47.0 Å². The molecule has 3 heterocycles. The standard InChI is InChI=1S/C31H37N5O/c1-21-5-6-25(30-22(2)34-37-23(30)3)17-29(21)36(20-24-18-35(19-24)27-11-15-33-16-12-27)28-9-7-26(8-10-28)31(32-4)13-14-31/h5-10,17,24,27,33H,11-16,18-20H2,1-3H3. The van der Waals surface area contributed by atoms with Crippen LogP contribution < -0.4 is 10.2 Å². The van der Waals surface area contributed by atoms with Gasteiger partial charge in [0.05, 0.1) is 5.69 Å². The number of hydrogen-bond donors (Lipinski definition) is 1. The van der Waals surface area contributed by atoms with Gasteiger partial charge in [0.2, 0.25) is 0 Å². The molecular weight excluding hydrogens is 458 g/mol. The Morgan fingerprint density at radius 2 is 1.81 bits per heavy atom. The Labute approximate surface area is 220 Å². The second-order valence-corrected chi connectivity index (χ2v) is 11.3. The van der Waals surface area contributed by atoms with Crippen LogP contribution in [0.3, 0.4) is 0 Å². The van der Waals surface area contributed by atoms with Crippen molar-refractivity contribution in [2.24, 2.45) is 5.92 Å². The van der Waals surface area contributed by atoms with Crippen LogP contribution in [-0.4, -0.2) is 48.8 Å². The molecular formula is C31H37N5O. The number of aromatic nitrogens is 1. The van der Waals surface area contributed by atoms with Crippen molar-refractivity contribution >= 4 is 11.4 Å². The van der Waals surface area contributed by atoms with E-state index in [2.05, 4.69) is 74.5 Å². The van der Waals surface area contributed by atoms with Crippen LogP contribution in [0.2, 0.25) is 0 Å². The van der Waals surface area contributed by atoms with Gasteiger partial charge in [-0.2, -0.15) is 0 Å². The first-order valence-corrected chi connectivity index (χ1v) is 13.7. The van der Waals surface area contributed by atoms with E-state index in [0.29, 0.717) is 5.92 Å². The Bertz CT molecular complexity index is 1280. The number of rotatable bonds is 7. The van der Waals surface area contributed by atoms with Gasteiger partial charge in [0, 0.05) is 66.9 Å². The second kappa shape index (κ2) is 9.63. The average molecular weight is 496 g/mol. The molecule has 0 bridgehead atoms. The Morgan fingerprint density at radius 3 is 2.43 bits per heavy atom. The summed E-state index contributed by atoms with van der Waals surface area (Å²) in [6, 6.07) is 16.3. The van der Waals surface area contributed by atoms with Crippen molar-refractivity contribution in [2.75, 3.05) is 37.6 Å². The van der Waals surface area contributed by atoms with Gasteiger partial charge in [-0.05, 0) is 88.2 Å². The van der Waals surface area contributed by atoms with Gasteiger partial charge in [0.1, 0.15) is 5.76 Å². The van der Waals surface area contributed by atoms with E-state index in [4.69, 9.17) is 11.1 Å². The lowest BCUT2D eigenvalue weighted by molar-refractivity contribution is 0.0426. The van der Waals surface area contributed by atoms with E-state index < -0.39 is 0 Å². The zero-order valence-corrected chi connectivity index (χ0v) is 22.3. The number of hydrogen-bond acceptors (Lipinski definition) is 5. The lowest BCUT2D eigenvalue weighted by Crippen LogP contribution is -2.57. The van der Waals surface area contributed by atoms with Gasteiger partial charge < -0.3 is 19.6 Å². The Hall–Kier alpha value is -3.14.